The lowest BCUT2D eigenvalue weighted by Crippen LogP contribution is -2.01. The molecule has 0 saturated carbocycles. The molecule has 1 nitrogen and oxygen atoms in total. The van der Waals surface area contributed by atoms with Crippen molar-refractivity contribution < 1.29 is 5.11 Å². The van der Waals surface area contributed by atoms with Crippen molar-refractivity contribution in [1.29, 1.82) is 0 Å². The molecular weight excluding hydrogens is 192 g/mol. The molecule has 1 rings (SSSR count). The average molecular weight is 210 g/mol. The summed E-state index contributed by atoms with van der Waals surface area (Å²) in [4.78, 5) is 0. The molecule has 0 aromatic heterocycles. The van der Waals surface area contributed by atoms with Crippen LogP contribution in [0.4, 0.5) is 0 Å². The van der Waals surface area contributed by atoms with Crippen LogP contribution in [0.2, 0.25) is 0 Å². The highest BCUT2D eigenvalue weighted by Gasteiger charge is 2.01. The van der Waals surface area contributed by atoms with E-state index in [1.54, 1.807) is 0 Å². The SMILES string of the molecule is CC(CCO)CSCc1ccccc1. The lowest BCUT2D eigenvalue weighted by Gasteiger charge is -2.08. The lowest BCUT2D eigenvalue weighted by atomic mass is 10.1. The Kier molecular flexibility index (Phi) is 5.72. The second-order valence-electron chi connectivity index (χ2n) is 3.62. The number of benzene rings is 1. The maximum absolute atomic E-state index is 8.74. The minimum absolute atomic E-state index is 0.313. The van der Waals surface area contributed by atoms with Gasteiger partial charge in [-0.2, -0.15) is 11.8 Å². The lowest BCUT2D eigenvalue weighted by molar-refractivity contribution is 0.269. The van der Waals surface area contributed by atoms with E-state index in [2.05, 4.69) is 31.2 Å². The molecule has 14 heavy (non-hydrogen) atoms. The molecule has 0 aliphatic carbocycles. The fourth-order valence-corrected chi connectivity index (χ4v) is 2.37. The van der Waals surface area contributed by atoms with E-state index in [0.29, 0.717) is 12.5 Å². The molecule has 0 heterocycles. The predicted octanol–water partition coefficient (Wildman–Crippen LogP) is 2.94. The number of rotatable bonds is 6. The van der Waals surface area contributed by atoms with Gasteiger partial charge in [0.1, 0.15) is 0 Å². The zero-order chi connectivity index (χ0) is 10.2. The highest BCUT2D eigenvalue weighted by Crippen LogP contribution is 2.16. The molecule has 78 valence electrons. The normalized spacial score (nSPS) is 12.7. The van der Waals surface area contributed by atoms with Crippen molar-refractivity contribution >= 4 is 11.8 Å². The van der Waals surface area contributed by atoms with Crippen LogP contribution < -0.4 is 0 Å². The Morgan fingerprint density at radius 3 is 2.64 bits per heavy atom. The van der Waals surface area contributed by atoms with E-state index in [1.165, 1.54) is 5.56 Å². The molecule has 0 radical (unpaired) electrons. The van der Waals surface area contributed by atoms with Crippen LogP contribution in [0.5, 0.6) is 0 Å². The van der Waals surface area contributed by atoms with Crippen LogP contribution >= 0.6 is 11.8 Å². The Morgan fingerprint density at radius 1 is 1.29 bits per heavy atom. The number of aliphatic hydroxyl groups excluding tert-OH is 1. The van der Waals surface area contributed by atoms with Crippen LogP contribution in [0.25, 0.3) is 0 Å². The van der Waals surface area contributed by atoms with E-state index in [9.17, 15) is 0 Å². The highest BCUT2D eigenvalue weighted by atomic mass is 32.2. The first-order chi connectivity index (χ1) is 6.83. The van der Waals surface area contributed by atoms with Gasteiger partial charge in [-0.25, -0.2) is 0 Å². The van der Waals surface area contributed by atoms with Crippen molar-refractivity contribution in [3.05, 3.63) is 35.9 Å². The summed E-state index contributed by atoms with van der Waals surface area (Å²) in [5.41, 5.74) is 1.38. The summed E-state index contributed by atoms with van der Waals surface area (Å²) in [6, 6.07) is 10.5. The summed E-state index contributed by atoms with van der Waals surface area (Å²) in [7, 11) is 0. The Labute approximate surface area is 90.5 Å². The summed E-state index contributed by atoms with van der Waals surface area (Å²) >= 11 is 1.94. The number of aliphatic hydroxyl groups is 1. The van der Waals surface area contributed by atoms with Gasteiger partial charge < -0.3 is 5.11 Å². The second-order valence-corrected chi connectivity index (χ2v) is 4.65. The Balaban J connectivity index is 2.16. The summed E-state index contributed by atoms with van der Waals surface area (Å²) in [5.74, 6) is 2.83. The van der Waals surface area contributed by atoms with Gasteiger partial charge in [-0.1, -0.05) is 37.3 Å². The van der Waals surface area contributed by atoms with Crippen LogP contribution in [0.3, 0.4) is 0 Å². The molecule has 0 fully saturated rings. The molecule has 1 aromatic rings. The van der Waals surface area contributed by atoms with E-state index in [0.717, 1.165) is 17.9 Å². The summed E-state index contributed by atoms with van der Waals surface area (Å²) < 4.78 is 0. The predicted molar refractivity (Wildman–Crippen MR) is 63.5 cm³/mol. The number of thioether (sulfide) groups is 1. The Hall–Kier alpha value is -0.470. The highest BCUT2D eigenvalue weighted by molar-refractivity contribution is 7.98. The molecule has 1 unspecified atom stereocenters. The maximum Gasteiger partial charge on any atom is 0.0433 e. The van der Waals surface area contributed by atoms with Crippen LogP contribution in [0.15, 0.2) is 30.3 Å². The Morgan fingerprint density at radius 2 is 2.00 bits per heavy atom. The molecular formula is C12H18OS. The first kappa shape index (κ1) is 11.6. The number of hydrogen-bond acceptors (Lipinski definition) is 2. The summed E-state index contributed by atoms with van der Waals surface area (Å²) in [6.07, 6.45) is 0.918. The van der Waals surface area contributed by atoms with Crippen molar-refractivity contribution in [2.24, 2.45) is 5.92 Å². The zero-order valence-corrected chi connectivity index (χ0v) is 9.46. The minimum Gasteiger partial charge on any atom is -0.396 e. The summed E-state index contributed by atoms with van der Waals surface area (Å²) in [5, 5.41) is 8.74. The molecule has 1 atom stereocenters. The molecule has 0 amide bonds. The van der Waals surface area contributed by atoms with Crippen molar-refractivity contribution in [2.75, 3.05) is 12.4 Å². The van der Waals surface area contributed by atoms with Crippen LogP contribution in [-0.4, -0.2) is 17.5 Å². The van der Waals surface area contributed by atoms with E-state index in [4.69, 9.17) is 5.11 Å². The third kappa shape index (κ3) is 4.68. The molecule has 1 aromatic carbocycles. The van der Waals surface area contributed by atoms with Gasteiger partial charge in [-0.15, -0.1) is 0 Å². The third-order valence-electron chi connectivity index (χ3n) is 2.14. The van der Waals surface area contributed by atoms with Crippen molar-refractivity contribution in [3.63, 3.8) is 0 Å². The minimum atomic E-state index is 0.313. The van der Waals surface area contributed by atoms with Gasteiger partial charge in [0.05, 0.1) is 0 Å². The van der Waals surface area contributed by atoms with E-state index >= 15 is 0 Å². The van der Waals surface area contributed by atoms with Crippen molar-refractivity contribution in [2.45, 2.75) is 19.1 Å². The first-order valence-electron chi connectivity index (χ1n) is 5.05. The van der Waals surface area contributed by atoms with Gasteiger partial charge >= 0.3 is 0 Å². The topological polar surface area (TPSA) is 20.2 Å². The van der Waals surface area contributed by atoms with E-state index in [1.807, 2.05) is 17.8 Å². The molecule has 0 aliphatic rings. The monoisotopic (exact) mass is 210 g/mol. The van der Waals surface area contributed by atoms with E-state index < -0.39 is 0 Å². The van der Waals surface area contributed by atoms with Gasteiger partial charge in [0.2, 0.25) is 0 Å². The third-order valence-corrected chi connectivity index (χ3v) is 3.48. The molecule has 0 aliphatic heterocycles. The second kappa shape index (κ2) is 6.91. The van der Waals surface area contributed by atoms with Crippen molar-refractivity contribution in [3.8, 4) is 0 Å². The molecule has 0 bridgehead atoms. The van der Waals surface area contributed by atoms with Gasteiger partial charge in [-0.05, 0) is 23.7 Å². The smallest absolute Gasteiger partial charge is 0.0433 e. The zero-order valence-electron chi connectivity index (χ0n) is 8.65. The maximum atomic E-state index is 8.74. The molecule has 2 heteroatoms. The fourth-order valence-electron chi connectivity index (χ4n) is 1.26. The quantitative estimate of drug-likeness (QED) is 0.779. The van der Waals surface area contributed by atoms with Crippen molar-refractivity contribution in [1.82, 2.24) is 0 Å². The van der Waals surface area contributed by atoms with Gasteiger partial charge in [0, 0.05) is 12.4 Å². The molecule has 0 spiro atoms. The van der Waals surface area contributed by atoms with Gasteiger partial charge in [0.25, 0.3) is 0 Å². The fraction of sp³-hybridized carbons (Fsp3) is 0.500. The Bertz CT molecular complexity index is 235. The average Bonchev–Trinajstić information content (AvgIpc) is 2.20. The van der Waals surface area contributed by atoms with E-state index in [-0.39, 0.29) is 0 Å². The van der Waals surface area contributed by atoms with Crippen LogP contribution in [0.1, 0.15) is 18.9 Å². The largest absolute Gasteiger partial charge is 0.396 e. The van der Waals surface area contributed by atoms with Crippen LogP contribution in [-0.2, 0) is 5.75 Å². The standard InChI is InChI=1S/C12H18OS/c1-11(7-8-13)9-14-10-12-5-3-2-4-6-12/h2-6,11,13H,7-10H2,1H3. The van der Waals surface area contributed by atoms with Crippen LogP contribution in [0, 0.1) is 5.92 Å². The number of hydrogen-bond donors (Lipinski definition) is 1. The summed E-state index contributed by atoms with van der Waals surface area (Å²) in [6.45, 7) is 2.50. The van der Waals surface area contributed by atoms with Gasteiger partial charge in [0.15, 0.2) is 0 Å². The molecule has 1 N–H and O–H groups in total. The molecule has 0 saturated heterocycles. The van der Waals surface area contributed by atoms with Gasteiger partial charge in [-0.3, -0.25) is 0 Å². The first-order valence-corrected chi connectivity index (χ1v) is 6.21.